The van der Waals surface area contributed by atoms with Gasteiger partial charge in [-0.05, 0) is 29.6 Å². The first-order valence-corrected chi connectivity index (χ1v) is 7.22. The van der Waals surface area contributed by atoms with Gasteiger partial charge < -0.3 is 10.6 Å². The Kier molecular flexibility index (Phi) is 5.09. The fourth-order valence-corrected chi connectivity index (χ4v) is 2.32. The van der Waals surface area contributed by atoms with Gasteiger partial charge in [0.05, 0.1) is 4.88 Å². The summed E-state index contributed by atoms with van der Waals surface area (Å²) in [7, 11) is 0. The first-order chi connectivity index (χ1) is 11.2. The van der Waals surface area contributed by atoms with Crippen LogP contribution in [0.3, 0.4) is 0 Å². The van der Waals surface area contributed by atoms with Crippen LogP contribution in [-0.2, 0) is 0 Å². The molecule has 7 heteroatoms. The predicted molar refractivity (Wildman–Crippen MR) is 86.2 cm³/mol. The maximum absolute atomic E-state index is 12.0. The van der Waals surface area contributed by atoms with Crippen LogP contribution in [0.25, 0.3) is 0 Å². The van der Waals surface area contributed by atoms with E-state index in [4.69, 9.17) is 15.8 Å². The Hall–Kier alpha value is -3.60. The highest BCUT2D eigenvalue weighted by Gasteiger charge is 2.09. The molecular weight excluding hydrogens is 310 g/mol. The summed E-state index contributed by atoms with van der Waals surface area (Å²) in [6, 6.07) is 15.2. The van der Waals surface area contributed by atoms with Crippen LogP contribution in [0.5, 0.6) is 0 Å². The predicted octanol–water partition coefficient (Wildman–Crippen LogP) is 3.24. The highest BCUT2D eigenvalue weighted by Crippen LogP contribution is 2.19. The van der Waals surface area contributed by atoms with E-state index in [2.05, 4.69) is 10.6 Å². The fraction of sp³-hybridized carbons (Fsp3) is 0. The lowest BCUT2D eigenvalue weighted by atomic mass is 10.2. The summed E-state index contributed by atoms with van der Waals surface area (Å²) in [5.74, 6) is -0.233. The minimum atomic E-state index is -0.305. The number of hydrogen-bond donors (Lipinski definition) is 2. The SMILES string of the molecule is N#CC(C#N)=C(C#N)Nc1cccc(NC(=O)c2cccs2)c1. The molecule has 2 aromatic rings. The van der Waals surface area contributed by atoms with Crippen molar-refractivity contribution in [2.45, 2.75) is 0 Å². The van der Waals surface area contributed by atoms with Crippen LogP contribution in [0.1, 0.15) is 9.67 Å². The van der Waals surface area contributed by atoms with Crippen molar-refractivity contribution in [1.82, 2.24) is 0 Å². The third-order valence-electron chi connectivity index (χ3n) is 2.72. The number of nitrogens with zero attached hydrogens (tertiary/aromatic N) is 3. The Labute approximate surface area is 136 Å². The first-order valence-electron chi connectivity index (χ1n) is 6.34. The largest absolute Gasteiger partial charge is 0.345 e. The van der Waals surface area contributed by atoms with Gasteiger partial charge >= 0.3 is 0 Å². The summed E-state index contributed by atoms with van der Waals surface area (Å²) in [6.07, 6.45) is 0. The molecule has 0 aliphatic carbocycles. The van der Waals surface area contributed by atoms with Crippen LogP contribution < -0.4 is 10.6 Å². The van der Waals surface area contributed by atoms with Crippen molar-refractivity contribution in [3.63, 3.8) is 0 Å². The lowest BCUT2D eigenvalue weighted by Gasteiger charge is -2.08. The number of amides is 1. The molecule has 0 aliphatic rings. The number of carbonyl (C=O) groups excluding carboxylic acids is 1. The Balaban J connectivity index is 2.20. The lowest BCUT2D eigenvalue weighted by Crippen LogP contribution is -2.10. The van der Waals surface area contributed by atoms with Gasteiger partial charge in [0.25, 0.3) is 5.91 Å². The highest BCUT2D eigenvalue weighted by molar-refractivity contribution is 7.12. The van der Waals surface area contributed by atoms with E-state index in [1.54, 1.807) is 54.6 Å². The van der Waals surface area contributed by atoms with Crippen LogP contribution in [0.2, 0.25) is 0 Å². The second-order valence-corrected chi connectivity index (χ2v) is 5.17. The van der Waals surface area contributed by atoms with Gasteiger partial charge in [-0.2, -0.15) is 15.8 Å². The van der Waals surface area contributed by atoms with Gasteiger partial charge in [-0.1, -0.05) is 12.1 Å². The zero-order valence-electron chi connectivity index (χ0n) is 11.7. The number of allylic oxidation sites excluding steroid dienone is 2. The average Bonchev–Trinajstić information content (AvgIpc) is 3.10. The highest BCUT2D eigenvalue weighted by atomic mass is 32.1. The molecule has 0 radical (unpaired) electrons. The van der Waals surface area contributed by atoms with Crippen molar-refractivity contribution >= 4 is 28.6 Å². The smallest absolute Gasteiger partial charge is 0.265 e. The van der Waals surface area contributed by atoms with E-state index in [0.29, 0.717) is 16.3 Å². The van der Waals surface area contributed by atoms with Crippen molar-refractivity contribution in [3.05, 3.63) is 57.9 Å². The molecule has 0 fully saturated rings. The molecule has 0 saturated carbocycles. The van der Waals surface area contributed by atoms with Gasteiger partial charge in [0, 0.05) is 11.4 Å². The van der Waals surface area contributed by atoms with Gasteiger partial charge in [0.2, 0.25) is 0 Å². The van der Waals surface area contributed by atoms with Crippen molar-refractivity contribution in [1.29, 1.82) is 15.8 Å². The molecule has 1 aromatic carbocycles. The average molecular weight is 319 g/mol. The van der Waals surface area contributed by atoms with E-state index in [1.807, 2.05) is 5.38 Å². The van der Waals surface area contributed by atoms with Crippen LogP contribution in [0.4, 0.5) is 11.4 Å². The molecule has 0 saturated heterocycles. The summed E-state index contributed by atoms with van der Waals surface area (Å²) >= 11 is 1.33. The number of hydrogen-bond acceptors (Lipinski definition) is 6. The molecule has 110 valence electrons. The molecule has 0 atom stereocenters. The van der Waals surface area contributed by atoms with E-state index >= 15 is 0 Å². The molecule has 6 nitrogen and oxygen atoms in total. The molecular formula is C16H9N5OS. The van der Waals surface area contributed by atoms with Gasteiger partial charge in [-0.15, -0.1) is 11.3 Å². The summed E-state index contributed by atoms with van der Waals surface area (Å²) in [4.78, 5) is 12.6. The molecule has 2 rings (SSSR count). The third-order valence-corrected chi connectivity index (χ3v) is 3.59. The summed E-state index contributed by atoms with van der Waals surface area (Å²) in [5.41, 5.74) is 0.562. The molecule has 0 unspecified atom stereocenters. The molecule has 23 heavy (non-hydrogen) atoms. The quantitative estimate of drug-likeness (QED) is 0.840. The van der Waals surface area contributed by atoms with Crippen molar-refractivity contribution in [2.75, 3.05) is 10.6 Å². The molecule has 1 heterocycles. The zero-order chi connectivity index (χ0) is 16.7. The second-order valence-electron chi connectivity index (χ2n) is 4.22. The molecule has 0 bridgehead atoms. The number of nitriles is 3. The molecule has 1 aromatic heterocycles. The van der Waals surface area contributed by atoms with Gasteiger partial charge in [0.15, 0.2) is 5.57 Å². The van der Waals surface area contributed by atoms with Gasteiger partial charge in [0.1, 0.15) is 23.9 Å². The molecule has 1 amide bonds. The van der Waals surface area contributed by atoms with Gasteiger partial charge in [-0.3, -0.25) is 4.79 Å². The van der Waals surface area contributed by atoms with E-state index in [-0.39, 0.29) is 17.2 Å². The summed E-state index contributed by atoms with van der Waals surface area (Å²) in [5, 5.41) is 33.9. The normalized spacial score (nSPS) is 8.91. The van der Waals surface area contributed by atoms with E-state index in [0.717, 1.165) is 0 Å². The second kappa shape index (κ2) is 7.42. The number of carbonyl (C=O) groups is 1. The van der Waals surface area contributed by atoms with Crippen LogP contribution in [-0.4, -0.2) is 5.91 Å². The maximum Gasteiger partial charge on any atom is 0.265 e. The number of nitrogens with one attached hydrogen (secondary N) is 2. The van der Waals surface area contributed by atoms with Crippen molar-refractivity contribution in [2.24, 2.45) is 0 Å². The number of benzene rings is 1. The van der Waals surface area contributed by atoms with Crippen molar-refractivity contribution in [3.8, 4) is 18.2 Å². The minimum Gasteiger partial charge on any atom is -0.345 e. The van der Waals surface area contributed by atoms with Crippen LogP contribution >= 0.6 is 11.3 Å². The lowest BCUT2D eigenvalue weighted by molar-refractivity contribution is 0.103. The standard InChI is InChI=1S/C16H9N5OS/c17-8-11(9-18)14(10-19)20-12-3-1-4-13(7-12)21-16(22)15-5-2-6-23-15/h1-7,20H,(H,21,22). The zero-order valence-corrected chi connectivity index (χ0v) is 12.5. The monoisotopic (exact) mass is 319 g/mol. The number of anilines is 2. The Morgan fingerprint density at radius 1 is 0.957 bits per heavy atom. The summed E-state index contributed by atoms with van der Waals surface area (Å²) < 4.78 is 0. The van der Waals surface area contributed by atoms with Crippen LogP contribution in [0, 0.1) is 34.0 Å². The first kappa shape index (κ1) is 15.8. The Morgan fingerprint density at radius 2 is 1.65 bits per heavy atom. The van der Waals surface area contributed by atoms with E-state index < -0.39 is 0 Å². The molecule has 0 aliphatic heterocycles. The summed E-state index contributed by atoms with van der Waals surface area (Å²) in [6.45, 7) is 0. The number of rotatable bonds is 4. The van der Waals surface area contributed by atoms with Crippen LogP contribution in [0.15, 0.2) is 53.0 Å². The molecule has 0 spiro atoms. The maximum atomic E-state index is 12.0. The Bertz CT molecular complexity index is 862. The van der Waals surface area contributed by atoms with E-state index in [1.165, 1.54) is 11.3 Å². The van der Waals surface area contributed by atoms with E-state index in [9.17, 15) is 4.79 Å². The van der Waals surface area contributed by atoms with Gasteiger partial charge in [-0.25, -0.2) is 0 Å². The molecule has 2 N–H and O–H groups in total. The topological polar surface area (TPSA) is 112 Å². The Morgan fingerprint density at radius 3 is 2.22 bits per heavy atom. The fourth-order valence-electron chi connectivity index (χ4n) is 1.70. The minimum absolute atomic E-state index is 0.142. The van der Waals surface area contributed by atoms with Crippen molar-refractivity contribution < 1.29 is 4.79 Å². The third kappa shape index (κ3) is 3.95. The number of thiophene rings is 1.